The molecule has 0 spiro atoms. The molecule has 0 saturated carbocycles. The van der Waals surface area contributed by atoms with Gasteiger partial charge in [-0.15, -0.1) is 0 Å². The van der Waals surface area contributed by atoms with Gasteiger partial charge < -0.3 is 20.4 Å². The summed E-state index contributed by atoms with van der Waals surface area (Å²) in [6.45, 7) is 1.87. The van der Waals surface area contributed by atoms with Crippen LogP contribution in [0.15, 0.2) is 24.3 Å². The van der Waals surface area contributed by atoms with Crippen LogP contribution >= 0.6 is 0 Å². The Bertz CT molecular complexity index is 329. The fourth-order valence-electron chi connectivity index (χ4n) is 2.01. The highest BCUT2D eigenvalue weighted by molar-refractivity contribution is 5.49. The number of benzene rings is 1. The molecule has 4 nitrogen and oxygen atoms in total. The third-order valence-electron chi connectivity index (χ3n) is 2.94. The average Bonchev–Trinajstić information content (AvgIpc) is 2.61. The van der Waals surface area contributed by atoms with Gasteiger partial charge in [0.05, 0.1) is 12.2 Å². The van der Waals surface area contributed by atoms with E-state index in [-0.39, 0.29) is 0 Å². The Labute approximate surface area is 95.5 Å². The van der Waals surface area contributed by atoms with Crippen LogP contribution in [0.1, 0.15) is 5.56 Å². The van der Waals surface area contributed by atoms with E-state index in [1.165, 1.54) is 5.56 Å². The monoisotopic (exact) mass is 222 g/mol. The first-order chi connectivity index (χ1) is 7.70. The van der Waals surface area contributed by atoms with Gasteiger partial charge in [0.15, 0.2) is 0 Å². The van der Waals surface area contributed by atoms with Crippen molar-refractivity contribution in [1.82, 2.24) is 5.32 Å². The van der Waals surface area contributed by atoms with E-state index in [0.29, 0.717) is 13.1 Å². The largest absolute Gasteiger partial charge is 0.389 e. The van der Waals surface area contributed by atoms with E-state index in [0.717, 1.165) is 12.2 Å². The second-order valence-corrected chi connectivity index (χ2v) is 4.24. The highest BCUT2D eigenvalue weighted by Gasteiger charge is 2.29. The summed E-state index contributed by atoms with van der Waals surface area (Å²) in [5.41, 5.74) is 2.28. The molecular formula is C12H18N2O2. The highest BCUT2D eigenvalue weighted by Crippen LogP contribution is 2.21. The number of hydrogen-bond donors (Lipinski definition) is 3. The van der Waals surface area contributed by atoms with Gasteiger partial charge in [0.2, 0.25) is 0 Å². The lowest BCUT2D eigenvalue weighted by molar-refractivity contribution is 0.0572. The molecule has 1 heterocycles. The Morgan fingerprint density at radius 2 is 1.75 bits per heavy atom. The molecule has 88 valence electrons. The van der Waals surface area contributed by atoms with Crippen LogP contribution in [0.5, 0.6) is 0 Å². The fraction of sp³-hybridized carbons (Fsp3) is 0.500. The number of aliphatic hydroxyl groups is 2. The summed E-state index contributed by atoms with van der Waals surface area (Å²) in [4.78, 5) is 2.00. The number of β-amino-alcohol motifs (C(OH)–C–C–N with tert-alkyl or cyclic N) is 2. The van der Waals surface area contributed by atoms with Crippen LogP contribution in [0.2, 0.25) is 0 Å². The number of hydrogen-bond acceptors (Lipinski definition) is 4. The summed E-state index contributed by atoms with van der Waals surface area (Å²) >= 11 is 0. The number of anilines is 1. The fourth-order valence-corrected chi connectivity index (χ4v) is 2.01. The van der Waals surface area contributed by atoms with Gasteiger partial charge in [0.1, 0.15) is 0 Å². The maximum absolute atomic E-state index is 9.47. The molecule has 2 atom stereocenters. The zero-order valence-electron chi connectivity index (χ0n) is 9.43. The summed E-state index contributed by atoms with van der Waals surface area (Å²) in [6.07, 6.45) is -1.26. The molecule has 1 aliphatic heterocycles. The van der Waals surface area contributed by atoms with Crippen molar-refractivity contribution in [2.24, 2.45) is 0 Å². The molecule has 2 rings (SSSR count). The first-order valence-electron chi connectivity index (χ1n) is 5.55. The predicted octanol–water partition coefficient (Wildman–Crippen LogP) is -0.0522. The van der Waals surface area contributed by atoms with Gasteiger partial charge in [-0.1, -0.05) is 12.1 Å². The molecule has 2 unspecified atom stereocenters. The second-order valence-electron chi connectivity index (χ2n) is 4.24. The average molecular weight is 222 g/mol. The number of rotatable bonds is 3. The summed E-state index contributed by atoms with van der Waals surface area (Å²) < 4.78 is 0. The molecule has 0 bridgehead atoms. The van der Waals surface area contributed by atoms with E-state index in [1.54, 1.807) is 0 Å². The van der Waals surface area contributed by atoms with Crippen LogP contribution in [-0.4, -0.2) is 42.6 Å². The van der Waals surface area contributed by atoms with Gasteiger partial charge in [-0.25, -0.2) is 0 Å². The lowest BCUT2D eigenvalue weighted by atomic mass is 10.2. The quantitative estimate of drug-likeness (QED) is 0.671. The molecule has 4 heteroatoms. The van der Waals surface area contributed by atoms with Crippen molar-refractivity contribution in [2.45, 2.75) is 18.8 Å². The molecular weight excluding hydrogens is 204 g/mol. The molecule has 16 heavy (non-hydrogen) atoms. The number of nitrogens with zero attached hydrogens (tertiary/aromatic N) is 1. The van der Waals surface area contributed by atoms with E-state index < -0.39 is 12.2 Å². The summed E-state index contributed by atoms with van der Waals surface area (Å²) in [5, 5.41) is 22.0. The van der Waals surface area contributed by atoms with Gasteiger partial charge >= 0.3 is 0 Å². The molecule has 1 fully saturated rings. The molecule has 3 N–H and O–H groups in total. The topological polar surface area (TPSA) is 55.7 Å². The lowest BCUT2D eigenvalue weighted by Crippen LogP contribution is -2.22. The van der Waals surface area contributed by atoms with Gasteiger partial charge in [-0.05, 0) is 24.7 Å². The van der Waals surface area contributed by atoms with Crippen LogP contribution in [0, 0.1) is 0 Å². The third-order valence-corrected chi connectivity index (χ3v) is 2.94. The molecule has 1 aliphatic rings. The van der Waals surface area contributed by atoms with Gasteiger partial charge in [0, 0.05) is 25.3 Å². The minimum Gasteiger partial charge on any atom is -0.389 e. The number of nitrogens with one attached hydrogen (secondary N) is 1. The third kappa shape index (κ3) is 2.35. The molecule has 0 radical (unpaired) electrons. The van der Waals surface area contributed by atoms with Crippen LogP contribution in [0.3, 0.4) is 0 Å². The van der Waals surface area contributed by atoms with Crippen molar-refractivity contribution in [3.63, 3.8) is 0 Å². The minimum absolute atomic E-state index is 0.506. The first-order valence-corrected chi connectivity index (χ1v) is 5.55. The Hall–Kier alpha value is -1.10. The maximum atomic E-state index is 9.47. The Balaban J connectivity index is 2.05. The molecule has 0 aromatic heterocycles. The summed E-state index contributed by atoms with van der Waals surface area (Å²) in [6, 6.07) is 8.17. The van der Waals surface area contributed by atoms with E-state index in [4.69, 9.17) is 0 Å². The van der Waals surface area contributed by atoms with Crippen LogP contribution in [0.25, 0.3) is 0 Å². The van der Waals surface area contributed by atoms with Crippen LogP contribution in [0.4, 0.5) is 5.69 Å². The van der Waals surface area contributed by atoms with Gasteiger partial charge in [-0.2, -0.15) is 0 Å². The van der Waals surface area contributed by atoms with Gasteiger partial charge in [-0.3, -0.25) is 0 Å². The smallest absolute Gasteiger partial charge is 0.0990 e. The summed E-state index contributed by atoms with van der Waals surface area (Å²) in [5.74, 6) is 0. The zero-order chi connectivity index (χ0) is 11.5. The molecule has 1 aromatic carbocycles. The Morgan fingerprint density at radius 3 is 2.25 bits per heavy atom. The van der Waals surface area contributed by atoms with Crippen molar-refractivity contribution < 1.29 is 10.2 Å². The van der Waals surface area contributed by atoms with Crippen molar-refractivity contribution in [1.29, 1.82) is 0 Å². The van der Waals surface area contributed by atoms with Crippen LogP contribution < -0.4 is 10.2 Å². The normalized spacial score (nSPS) is 25.1. The van der Waals surface area contributed by atoms with E-state index in [1.807, 2.05) is 24.1 Å². The maximum Gasteiger partial charge on any atom is 0.0990 e. The molecule has 1 saturated heterocycles. The summed E-state index contributed by atoms with van der Waals surface area (Å²) in [7, 11) is 1.92. The zero-order valence-corrected chi connectivity index (χ0v) is 9.43. The molecule has 0 amide bonds. The van der Waals surface area contributed by atoms with Crippen molar-refractivity contribution in [2.75, 3.05) is 25.0 Å². The SMILES string of the molecule is CNCc1ccc(N2CC(O)C(O)C2)cc1. The Kier molecular flexibility index (Phi) is 3.43. The van der Waals surface area contributed by atoms with E-state index in [2.05, 4.69) is 17.4 Å². The van der Waals surface area contributed by atoms with Crippen molar-refractivity contribution >= 4 is 5.69 Å². The van der Waals surface area contributed by atoms with E-state index in [9.17, 15) is 10.2 Å². The van der Waals surface area contributed by atoms with Crippen molar-refractivity contribution in [3.8, 4) is 0 Å². The first kappa shape index (κ1) is 11.4. The standard InChI is InChI=1S/C12H18N2O2/c1-13-6-9-2-4-10(5-3-9)14-7-11(15)12(16)8-14/h2-5,11-13,15-16H,6-8H2,1H3. The van der Waals surface area contributed by atoms with Crippen LogP contribution in [-0.2, 0) is 6.54 Å². The second kappa shape index (κ2) is 4.82. The highest BCUT2D eigenvalue weighted by atomic mass is 16.3. The lowest BCUT2D eigenvalue weighted by Gasteiger charge is -2.17. The van der Waals surface area contributed by atoms with Gasteiger partial charge in [0.25, 0.3) is 0 Å². The Morgan fingerprint density at radius 1 is 1.19 bits per heavy atom. The number of aliphatic hydroxyl groups excluding tert-OH is 2. The van der Waals surface area contributed by atoms with E-state index >= 15 is 0 Å². The van der Waals surface area contributed by atoms with Crippen molar-refractivity contribution in [3.05, 3.63) is 29.8 Å². The predicted molar refractivity (Wildman–Crippen MR) is 63.4 cm³/mol. The minimum atomic E-state index is -0.628. The molecule has 1 aromatic rings. The molecule has 0 aliphatic carbocycles.